The molecule has 1 N–H and O–H groups in total. The molecule has 0 bridgehead atoms. The van der Waals surface area contributed by atoms with Gasteiger partial charge in [0.1, 0.15) is 5.52 Å². The lowest BCUT2D eigenvalue weighted by molar-refractivity contribution is 0.184. The van der Waals surface area contributed by atoms with Crippen molar-refractivity contribution in [2.45, 2.75) is 52.5 Å². The van der Waals surface area contributed by atoms with Crippen LogP contribution in [0.3, 0.4) is 0 Å². The third-order valence-corrected chi connectivity index (χ3v) is 4.71. The van der Waals surface area contributed by atoms with Crippen LogP contribution in [-0.2, 0) is 7.05 Å². The molecule has 1 atom stereocenters. The second-order valence-electron chi connectivity index (χ2n) is 6.62. The number of aromatic amines is 1. The summed E-state index contributed by atoms with van der Waals surface area (Å²) in [5.74, 6) is 0. The minimum Gasteiger partial charge on any atom is -0.328 e. The van der Waals surface area contributed by atoms with E-state index in [1.807, 2.05) is 18.7 Å². The maximum Gasteiger partial charge on any atom is 0.179 e. The normalized spacial score (nSPS) is 23.1. The molecule has 1 aliphatic rings. The van der Waals surface area contributed by atoms with E-state index in [1.165, 1.54) is 25.7 Å². The van der Waals surface area contributed by atoms with Crippen molar-refractivity contribution in [1.82, 2.24) is 19.3 Å². The number of imidazole rings is 1. The number of fused-ring (bicyclic) bond motifs is 1. The van der Waals surface area contributed by atoms with Crippen molar-refractivity contribution < 1.29 is 0 Å². The SMILES string of the molecule is Cc1nn(C)c2c1[nH]c(=S)n2C1CCCC(C)(C)C1. The predicted octanol–water partition coefficient (Wildman–Crippen LogP) is 3.88. The molecule has 0 radical (unpaired) electrons. The quantitative estimate of drug-likeness (QED) is 0.804. The molecule has 1 unspecified atom stereocenters. The molecular formula is C14H22N4S. The summed E-state index contributed by atoms with van der Waals surface area (Å²) in [4.78, 5) is 3.34. The molecule has 104 valence electrons. The Bertz CT molecular complexity index is 673. The van der Waals surface area contributed by atoms with Gasteiger partial charge in [0.2, 0.25) is 0 Å². The highest BCUT2D eigenvalue weighted by Gasteiger charge is 2.30. The molecule has 5 heteroatoms. The van der Waals surface area contributed by atoms with Gasteiger partial charge in [-0.1, -0.05) is 20.3 Å². The number of hydrogen-bond donors (Lipinski definition) is 1. The minimum atomic E-state index is 0.412. The number of aromatic nitrogens is 4. The number of hydrogen-bond acceptors (Lipinski definition) is 2. The Morgan fingerprint density at radius 2 is 2.16 bits per heavy atom. The summed E-state index contributed by atoms with van der Waals surface area (Å²) in [5, 5.41) is 4.50. The molecule has 2 aromatic rings. The maximum absolute atomic E-state index is 5.55. The summed E-state index contributed by atoms with van der Waals surface area (Å²) >= 11 is 5.55. The number of nitrogens with zero attached hydrogens (tertiary/aromatic N) is 3. The fourth-order valence-electron chi connectivity index (χ4n) is 3.55. The van der Waals surface area contributed by atoms with E-state index in [0.29, 0.717) is 11.5 Å². The molecule has 0 aliphatic heterocycles. The van der Waals surface area contributed by atoms with Gasteiger partial charge >= 0.3 is 0 Å². The second kappa shape index (κ2) is 4.20. The van der Waals surface area contributed by atoms with E-state index in [4.69, 9.17) is 12.2 Å². The van der Waals surface area contributed by atoms with E-state index in [9.17, 15) is 0 Å². The van der Waals surface area contributed by atoms with E-state index >= 15 is 0 Å². The van der Waals surface area contributed by atoms with Gasteiger partial charge in [0.05, 0.1) is 5.69 Å². The highest BCUT2D eigenvalue weighted by atomic mass is 32.1. The van der Waals surface area contributed by atoms with Crippen molar-refractivity contribution in [3.63, 3.8) is 0 Å². The van der Waals surface area contributed by atoms with Crippen LogP contribution >= 0.6 is 12.2 Å². The van der Waals surface area contributed by atoms with Crippen LogP contribution < -0.4 is 0 Å². The van der Waals surface area contributed by atoms with Crippen LogP contribution in [-0.4, -0.2) is 19.3 Å². The molecule has 2 heterocycles. The standard InChI is InChI=1S/C14H22N4S/c1-9-11-12(17(4)16-9)18(13(19)15-11)10-6-5-7-14(2,3)8-10/h10H,5-8H2,1-4H3,(H,15,19). The van der Waals surface area contributed by atoms with Crippen molar-refractivity contribution in [3.8, 4) is 0 Å². The molecule has 2 aromatic heterocycles. The van der Waals surface area contributed by atoms with Crippen molar-refractivity contribution in [3.05, 3.63) is 10.5 Å². The van der Waals surface area contributed by atoms with Gasteiger partial charge in [0.15, 0.2) is 10.4 Å². The predicted molar refractivity (Wildman–Crippen MR) is 79.9 cm³/mol. The number of rotatable bonds is 1. The Kier molecular flexibility index (Phi) is 2.85. The van der Waals surface area contributed by atoms with Crippen molar-refractivity contribution in [1.29, 1.82) is 0 Å². The smallest absolute Gasteiger partial charge is 0.179 e. The van der Waals surface area contributed by atoms with Crippen LogP contribution in [0.5, 0.6) is 0 Å². The first-order chi connectivity index (χ1) is 8.89. The fraction of sp³-hybridized carbons (Fsp3) is 0.714. The molecule has 0 spiro atoms. The van der Waals surface area contributed by atoms with Crippen LogP contribution in [0.1, 0.15) is 51.3 Å². The molecule has 4 nitrogen and oxygen atoms in total. The Hall–Kier alpha value is -1.10. The lowest BCUT2D eigenvalue weighted by Crippen LogP contribution is -2.25. The molecule has 1 fully saturated rings. The minimum absolute atomic E-state index is 0.412. The molecule has 0 amide bonds. The summed E-state index contributed by atoms with van der Waals surface area (Å²) < 4.78 is 5.10. The average Bonchev–Trinajstić information content (AvgIpc) is 2.76. The first kappa shape index (κ1) is 12.9. The Balaban J connectivity index is 2.14. The lowest BCUT2D eigenvalue weighted by atomic mass is 9.75. The first-order valence-corrected chi connectivity index (χ1v) is 7.44. The third-order valence-electron chi connectivity index (χ3n) is 4.42. The van der Waals surface area contributed by atoms with Crippen LogP contribution in [0.15, 0.2) is 0 Å². The molecule has 0 aromatic carbocycles. The monoisotopic (exact) mass is 278 g/mol. The highest BCUT2D eigenvalue weighted by Crippen LogP contribution is 2.42. The second-order valence-corrected chi connectivity index (χ2v) is 7.01. The zero-order valence-electron chi connectivity index (χ0n) is 12.2. The highest BCUT2D eigenvalue weighted by molar-refractivity contribution is 7.71. The van der Waals surface area contributed by atoms with Gasteiger partial charge in [-0.2, -0.15) is 5.10 Å². The Morgan fingerprint density at radius 3 is 2.84 bits per heavy atom. The van der Waals surface area contributed by atoms with Gasteiger partial charge in [-0.25, -0.2) is 0 Å². The zero-order chi connectivity index (χ0) is 13.8. The van der Waals surface area contributed by atoms with Crippen molar-refractivity contribution >= 4 is 23.4 Å². The Morgan fingerprint density at radius 1 is 1.42 bits per heavy atom. The summed E-state index contributed by atoms with van der Waals surface area (Å²) in [7, 11) is 2.00. The van der Waals surface area contributed by atoms with Crippen LogP contribution in [0, 0.1) is 17.1 Å². The third kappa shape index (κ3) is 2.04. The molecule has 19 heavy (non-hydrogen) atoms. The average molecular weight is 278 g/mol. The lowest BCUT2D eigenvalue weighted by Gasteiger charge is -2.35. The molecule has 1 saturated carbocycles. The van der Waals surface area contributed by atoms with Gasteiger partial charge < -0.3 is 4.98 Å². The first-order valence-electron chi connectivity index (χ1n) is 7.03. The van der Waals surface area contributed by atoms with E-state index in [2.05, 4.69) is 28.5 Å². The molecular weight excluding hydrogens is 256 g/mol. The van der Waals surface area contributed by atoms with E-state index < -0.39 is 0 Å². The largest absolute Gasteiger partial charge is 0.328 e. The summed E-state index contributed by atoms with van der Waals surface area (Å²) in [5.41, 5.74) is 3.67. The molecule has 1 aliphatic carbocycles. The van der Waals surface area contributed by atoms with Gasteiger partial charge in [0, 0.05) is 13.1 Å². The summed E-state index contributed by atoms with van der Waals surface area (Å²) in [6.45, 7) is 6.75. The van der Waals surface area contributed by atoms with Crippen LogP contribution in [0.4, 0.5) is 0 Å². The molecule has 0 saturated heterocycles. The zero-order valence-corrected chi connectivity index (χ0v) is 13.0. The van der Waals surface area contributed by atoms with Crippen LogP contribution in [0.25, 0.3) is 11.2 Å². The van der Waals surface area contributed by atoms with E-state index in [1.54, 1.807) is 0 Å². The van der Waals surface area contributed by atoms with E-state index in [-0.39, 0.29) is 0 Å². The fourth-order valence-corrected chi connectivity index (χ4v) is 3.89. The topological polar surface area (TPSA) is 38.5 Å². The van der Waals surface area contributed by atoms with Gasteiger partial charge in [-0.05, 0) is 43.8 Å². The van der Waals surface area contributed by atoms with Gasteiger partial charge in [0.25, 0.3) is 0 Å². The molecule has 3 rings (SSSR count). The van der Waals surface area contributed by atoms with Gasteiger partial charge in [-0.15, -0.1) is 0 Å². The van der Waals surface area contributed by atoms with Crippen LogP contribution in [0.2, 0.25) is 0 Å². The maximum atomic E-state index is 5.55. The summed E-state index contributed by atoms with van der Waals surface area (Å²) in [6, 6.07) is 0.500. The number of nitrogens with one attached hydrogen (secondary N) is 1. The number of aryl methyl sites for hydroxylation is 2. The van der Waals surface area contributed by atoms with Gasteiger partial charge in [-0.3, -0.25) is 9.25 Å². The van der Waals surface area contributed by atoms with Crippen molar-refractivity contribution in [2.24, 2.45) is 12.5 Å². The summed E-state index contributed by atoms with van der Waals surface area (Å²) in [6.07, 6.45) is 5.01. The van der Waals surface area contributed by atoms with Crippen molar-refractivity contribution in [2.75, 3.05) is 0 Å². The number of H-pyrrole nitrogens is 1. The van der Waals surface area contributed by atoms with E-state index in [0.717, 1.165) is 21.6 Å². The Labute approximate surface area is 118 Å².